The van der Waals surface area contributed by atoms with Gasteiger partial charge in [0, 0.05) is 18.7 Å². The Balaban J connectivity index is 1.95. The Morgan fingerprint density at radius 3 is 2.74 bits per heavy atom. The highest BCUT2D eigenvalue weighted by Gasteiger charge is 2.19. The predicted octanol–water partition coefficient (Wildman–Crippen LogP) is 3.27. The molecule has 162 valence electrons. The average molecular weight is 443 g/mol. The van der Waals surface area contributed by atoms with E-state index in [1.807, 2.05) is 25.1 Å². The van der Waals surface area contributed by atoms with Gasteiger partial charge in [-0.25, -0.2) is 9.78 Å². The highest BCUT2D eigenvalue weighted by molar-refractivity contribution is 7.99. The second kappa shape index (κ2) is 9.94. The van der Waals surface area contributed by atoms with Gasteiger partial charge in [0.2, 0.25) is 5.91 Å². The predicted molar refractivity (Wildman–Crippen MR) is 117 cm³/mol. The molecule has 1 aromatic heterocycles. The first-order valence-corrected chi connectivity index (χ1v) is 10.4. The summed E-state index contributed by atoms with van der Waals surface area (Å²) in [5, 5.41) is 16.4. The smallest absolute Gasteiger partial charge is 0.321 e. The van der Waals surface area contributed by atoms with E-state index < -0.39 is 16.9 Å². The van der Waals surface area contributed by atoms with E-state index in [1.54, 1.807) is 16.7 Å². The molecule has 0 aliphatic heterocycles. The van der Waals surface area contributed by atoms with Gasteiger partial charge in [0.05, 0.1) is 34.5 Å². The molecule has 31 heavy (non-hydrogen) atoms. The van der Waals surface area contributed by atoms with Crippen LogP contribution in [-0.2, 0) is 4.79 Å². The van der Waals surface area contributed by atoms with Gasteiger partial charge < -0.3 is 10.1 Å². The lowest BCUT2D eigenvalue weighted by molar-refractivity contribution is -0.384. The minimum atomic E-state index is -0.554. The van der Waals surface area contributed by atoms with Crippen molar-refractivity contribution in [2.24, 2.45) is 0 Å². The second-order valence-electron chi connectivity index (χ2n) is 6.42. The number of rotatable bonds is 8. The van der Waals surface area contributed by atoms with Crippen molar-refractivity contribution in [1.29, 1.82) is 0 Å². The molecule has 3 aromatic rings. The van der Waals surface area contributed by atoms with Crippen LogP contribution in [0.5, 0.6) is 5.75 Å². The number of ether oxygens (including phenoxy) is 1. The van der Waals surface area contributed by atoms with Gasteiger partial charge in [-0.1, -0.05) is 30.8 Å². The Labute approximate surface area is 182 Å². The fourth-order valence-corrected chi connectivity index (χ4v) is 3.70. The summed E-state index contributed by atoms with van der Waals surface area (Å²) in [6, 6.07) is 11.1. The normalized spacial score (nSPS) is 10.6. The zero-order chi connectivity index (χ0) is 22.4. The van der Waals surface area contributed by atoms with Crippen LogP contribution >= 0.6 is 11.8 Å². The number of nitro groups is 1. The molecule has 0 unspecified atom stereocenters. The van der Waals surface area contributed by atoms with Crippen molar-refractivity contribution in [1.82, 2.24) is 20.2 Å². The maximum atomic E-state index is 12.2. The lowest BCUT2D eigenvalue weighted by Gasteiger charge is -2.13. The molecule has 0 fully saturated rings. The number of thioether (sulfide) groups is 1. The van der Waals surface area contributed by atoms with Crippen LogP contribution in [0, 0.1) is 10.1 Å². The van der Waals surface area contributed by atoms with Gasteiger partial charge in [-0.15, -0.1) is 0 Å². The molecule has 0 saturated heterocycles. The van der Waals surface area contributed by atoms with Crippen LogP contribution in [0.15, 0.2) is 47.6 Å². The van der Waals surface area contributed by atoms with Gasteiger partial charge in [0.15, 0.2) is 5.16 Å². The molecule has 2 N–H and O–H groups in total. The number of hydrogen-bond acceptors (Lipinski definition) is 7. The number of nitro benzene ring substituents is 1. The highest BCUT2D eigenvalue weighted by Crippen LogP contribution is 2.33. The molecule has 3 amide bonds. The summed E-state index contributed by atoms with van der Waals surface area (Å²) in [6.07, 6.45) is 0.755. The molecular formula is C20H21N5O5S. The first-order chi connectivity index (χ1) is 14.9. The summed E-state index contributed by atoms with van der Waals surface area (Å²) in [5.74, 6) is 0.0220. The van der Waals surface area contributed by atoms with E-state index in [9.17, 15) is 19.7 Å². The number of non-ortho nitro benzene ring substituents is 1. The van der Waals surface area contributed by atoms with Crippen LogP contribution in [0.2, 0.25) is 0 Å². The van der Waals surface area contributed by atoms with E-state index in [4.69, 9.17) is 4.74 Å². The van der Waals surface area contributed by atoms with Gasteiger partial charge in [-0.2, -0.15) is 0 Å². The van der Waals surface area contributed by atoms with Crippen molar-refractivity contribution in [3.63, 3.8) is 0 Å². The number of imidazole rings is 1. The number of imide groups is 1. The van der Waals surface area contributed by atoms with Crippen molar-refractivity contribution in [3.05, 3.63) is 52.6 Å². The number of carbonyl (C=O) groups excluding carboxylic acids is 2. The summed E-state index contributed by atoms with van der Waals surface area (Å²) < 4.78 is 7.22. The van der Waals surface area contributed by atoms with Gasteiger partial charge in [0.25, 0.3) is 5.69 Å². The fourth-order valence-electron chi connectivity index (χ4n) is 2.88. The third-order valence-electron chi connectivity index (χ3n) is 4.27. The van der Waals surface area contributed by atoms with Crippen molar-refractivity contribution < 1.29 is 19.2 Å². The van der Waals surface area contributed by atoms with E-state index >= 15 is 0 Å². The topological polar surface area (TPSA) is 128 Å². The lowest BCUT2D eigenvalue weighted by Crippen LogP contribution is -2.40. The Hall–Kier alpha value is -3.60. The molecule has 0 spiro atoms. The van der Waals surface area contributed by atoms with Crippen LogP contribution in [0.1, 0.15) is 13.3 Å². The standard InChI is InChI=1S/C20H21N5O5S/c1-3-10-21-19(27)23-18(26)12-31-20-22-14-11-13(25(28)29)8-9-15(14)24(20)16-6-4-5-7-17(16)30-2/h4-9,11H,3,10,12H2,1-2H3,(H2,21,23,26,27). The number of para-hydroxylation sites is 2. The van der Waals surface area contributed by atoms with Crippen molar-refractivity contribution in [3.8, 4) is 11.4 Å². The molecule has 0 atom stereocenters. The Kier molecular flexibility index (Phi) is 7.08. The van der Waals surface area contributed by atoms with Crippen molar-refractivity contribution in [2.45, 2.75) is 18.5 Å². The number of urea groups is 1. The van der Waals surface area contributed by atoms with Gasteiger partial charge in [-0.3, -0.25) is 24.8 Å². The number of benzene rings is 2. The Morgan fingerprint density at radius 1 is 1.26 bits per heavy atom. The van der Waals surface area contributed by atoms with Gasteiger partial charge >= 0.3 is 6.03 Å². The van der Waals surface area contributed by atoms with Crippen LogP contribution in [0.4, 0.5) is 10.5 Å². The van der Waals surface area contributed by atoms with E-state index in [1.165, 1.54) is 19.2 Å². The first-order valence-electron chi connectivity index (χ1n) is 9.45. The van der Waals surface area contributed by atoms with Crippen LogP contribution < -0.4 is 15.4 Å². The quantitative estimate of drug-likeness (QED) is 0.311. The number of nitrogens with zero attached hydrogens (tertiary/aromatic N) is 3. The van der Waals surface area contributed by atoms with Gasteiger partial charge in [0.1, 0.15) is 5.75 Å². The minimum Gasteiger partial charge on any atom is -0.495 e. The molecule has 1 heterocycles. The molecule has 0 aliphatic carbocycles. The number of hydrogen-bond donors (Lipinski definition) is 2. The minimum absolute atomic E-state index is 0.0693. The third kappa shape index (κ3) is 5.12. The zero-order valence-corrected chi connectivity index (χ0v) is 17.8. The molecule has 0 radical (unpaired) electrons. The molecule has 11 heteroatoms. The SMILES string of the molecule is CCCNC(=O)NC(=O)CSc1nc2cc([N+](=O)[O-])ccc2n1-c1ccccc1OC. The summed E-state index contributed by atoms with van der Waals surface area (Å²) in [6.45, 7) is 2.37. The summed E-state index contributed by atoms with van der Waals surface area (Å²) >= 11 is 1.11. The van der Waals surface area contributed by atoms with E-state index in [-0.39, 0.29) is 11.4 Å². The Morgan fingerprint density at radius 2 is 2.03 bits per heavy atom. The molecular weight excluding hydrogens is 422 g/mol. The number of aromatic nitrogens is 2. The van der Waals surface area contributed by atoms with E-state index in [0.717, 1.165) is 18.2 Å². The van der Waals surface area contributed by atoms with E-state index in [2.05, 4.69) is 15.6 Å². The summed E-state index contributed by atoms with van der Waals surface area (Å²) in [5.41, 5.74) is 1.62. The van der Waals surface area contributed by atoms with E-state index in [0.29, 0.717) is 34.2 Å². The third-order valence-corrected chi connectivity index (χ3v) is 5.20. The maximum Gasteiger partial charge on any atom is 0.321 e. The fraction of sp³-hybridized carbons (Fsp3) is 0.250. The number of carbonyl (C=O) groups is 2. The van der Waals surface area contributed by atoms with Crippen LogP contribution in [0.25, 0.3) is 16.7 Å². The molecule has 0 bridgehead atoms. The summed E-state index contributed by atoms with van der Waals surface area (Å²) in [7, 11) is 1.54. The first kappa shape index (κ1) is 22.1. The lowest BCUT2D eigenvalue weighted by atomic mass is 10.2. The molecule has 0 saturated carbocycles. The summed E-state index contributed by atoms with van der Waals surface area (Å²) in [4.78, 5) is 39.0. The number of amides is 3. The van der Waals surface area contributed by atoms with Crippen molar-refractivity contribution in [2.75, 3.05) is 19.4 Å². The number of nitrogens with one attached hydrogen (secondary N) is 2. The monoisotopic (exact) mass is 443 g/mol. The number of fused-ring (bicyclic) bond motifs is 1. The molecule has 2 aromatic carbocycles. The van der Waals surface area contributed by atoms with Gasteiger partial charge in [-0.05, 0) is 24.6 Å². The highest BCUT2D eigenvalue weighted by atomic mass is 32.2. The molecule has 10 nitrogen and oxygen atoms in total. The molecule has 3 rings (SSSR count). The maximum absolute atomic E-state index is 12.2. The Bertz CT molecular complexity index is 1130. The second-order valence-corrected chi connectivity index (χ2v) is 7.37. The van der Waals surface area contributed by atoms with Crippen molar-refractivity contribution >= 4 is 40.4 Å². The van der Waals surface area contributed by atoms with Crippen LogP contribution in [0.3, 0.4) is 0 Å². The average Bonchev–Trinajstić information content (AvgIpc) is 3.13. The van der Waals surface area contributed by atoms with Crippen LogP contribution in [-0.4, -0.2) is 45.8 Å². The largest absolute Gasteiger partial charge is 0.495 e. The zero-order valence-electron chi connectivity index (χ0n) is 17.0. The molecule has 0 aliphatic rings. The number of methoxy groups -OCH3 is 1.